The van der Waals surface area contributed by atoms with Gasteiger partial charge in [-0.1, -0.05) is 35.9 Å². The zero-order valence-electron chi connectivity index (χ0n) is 12.3. The molecule has 3 rings (SSSR count). The van der Waals surface area contributed by atoms with Crippen LogP contribution in [-0.2, 0) is 18.5 Å². The highest BCUT2D eigenvalue weighted by Gasteiger charge is 2.38. The van der Waals surface area contributed by atoms with E-state index >= 15 is 0 Å². The molecular formula is C17H21ClN2S. The van der Waals surface area contributed by atoms with Crippen LogP contribution in [0.2, 0.25) is 4.34 Å². The first-order chi connectivity index (χ1) is 10.2. The Morgan fingerprint density at radius 3 is 2.81 bits per heavy atom. The van der Waals surface area contributed by atoms with Gasteiger partial charge in [0.25, 0.3) is 0 Å². The van der Waals surface area contributed by atoms with Gasteiger partial charge in [0.15, 0.2) is 0 Å². The molecular weight excluding hydrogens is 300 g/mol. The average Bonchev–Trinajstić information content (AvgIpc) is 2.91. The van der Waals surface area contributed by atoms with Gasteiger partial charge in [-0.3, -0.25) is 4.90 Å². The van der Waals surface area contributed by atoms with Crippen molar-refractivity contribution in [2.45, 2.75) is 31.3 Å². The minimum absolute atomic E-state index is 0.0503. The van der Waals surface area contributed by atoms with E-state index in [1.54, 1.807) is 11.3 Å². The average molecular weight is 321 g/mol. The second-order valence-electron chi connectivity index (χ2n) is 5.81. The Hall–Kier alpha value is -0.870. The van der Waals surface area contributed by atoms with Crippen LogP contribution in [0, 0.1) is 0 Å². The summed E-state index contributed by atoms with van der Waals surface area (Å²) >= 11 is 7.71. The molecule has 2 N–H and O–H groups in total. The fourth-order valence-corrected chi connectivity index (χ4v) is 4.63. The fourth-order valence-electron chi connectivity index (χ4n) is 3.48. The van der Waals surface area contributed by atoms with Crippen molar-refractivity contribution >= 4 is 22.9 Å². The molecule has 4 heteroatoms. The minimum Gasteiger partial charge on any atom is -0.328 e. The highest BCUT2D eigenvalue weighted by molar-refractivity contribution is 7.16. The number of rotatable bonds is 4. The number of halogens is 1. The second-order valence-corrected chi connectivity index (χ2v) is 7.61. The van der Waals surface area contributed by atoms with Crippen molar-refractivity contribution in [3.8, 4) is 0 Å². The number of hydrogen-bond acceptors (Lipinski definition) is 3. The molecule has 21 heavy (non-hydrogen) atoms. The van der Waals surface area contributed by atoms with E-state index in [9.17, 15) is 0 Å². The fraction of sp³-hybridized carbons (Fsp3) is 0.412. The zero-order chi connectivity index (χ0) is 14.9. The smallest absolute Gasteiger partial charge is 0.0931 e. The van der Waals surface area contributed by atoms with Crippen LogP contribution >= 0.6 is 22.9 Å². The molecule has 0 amide bonds. The minimum atomic E-state index is -0.0503. The Kier molecular flexibility index (Phi) is 4.36. The monoisotopic (exact) mass is 320 g/mol. The van der Waals surface area contributed by atoms with Crippen molar-refractivity contribution in [2.24, 2.45) is 5.73 Å². The first-order valence-corrected chi connectivity index (χ1v) is 8.59. The maximum atomic E-state index is 6.25. The molecule has 112 valence electrons. The van der Waals surface area contributed by atoms with E-state index in [4.69, 9.17) is 17.3 Å². The molecule has 0 saturated heterocycles. The summed E-state index contributed by atoms with van der Waals surface area (Å²) in [5, 5.41) is 0. The van der Waals surface area contributed by atoms with E-state index in [1.165, 1.54) is 22.4 Å². The number of fused-ring (bicyclic) bond motifs is 1. The summed E-state index contributed by atoms with van der Waals surface area (Å²) < 4.78 is 0.851. The van der Waals surface area contributed by atoms with Gasteiger partial charge in [-0.05, 0) is 49.6 Å². The Balaban J connectivity index is 1.93. The third-order valence-corrected chi connectivity index (χ3v) is 5.86. The van der Waals surface area contributed by atoms with Crippen molar-refractivity contribution in [3.05, 3.63) is 56.7 Å². The van der Waals surface area contributed by atoms with Crippen molar-refractivity contribution < 1.29 is 0 Å². The van der Waals surface area contributed by atoms with Crippen LogP contribution in [0.4, 0.5) is 0 Å². The Morgan fingerprint density at radius 2 is 2.10 bits per heavy atom. The number of hydrogen-bond donors (Lipinski definition) is 1. The third-order valence-electron chi connectivity index (χ3n) is 4.65. The largest absolute Gasteiger partial charge is 0.328 e. The van der Waals surface area contributed by atoms with Crippen molar-refractivity contribution in [3.63, 3.8) is 0 Å². The number of nitrogens with zero attached hydrogens (tertiary/aromatic N) is 1. The van der Waals surface area contributed by atoms with Crippen LogP contribution in [0.5, 0.6) is 0 Å². The summed E-state index contributed by atoms with van der Waals surface area (Å²) in [6.45, 7) is 1.54. The quantitative estimate of drug-likeness (QED) is 0.921. The SMILES string of the molecule is CN(Cc1ccc(Cl)s1)C1(CN)CCCc2ccccc21. The Bertz CT molecular complexity index is 625. The predicted molar refractivity (Wildman–Crippen MR) is 90.9 cm³/mol. The lowest BCUT2D eigenvalue weighted by molar-refractivity contribution is 0.0970. The van der Waals surface area contributed by atoms with Crippen LogP contribution in [-0.4, -0.2) is 18.5 Å². The first kappa shape index (κ1) is 15.0. The molecule has 0 radical (unpaired) electrons. The lowest BCUT2D eigenvalue weighted by atomic mass is 9.75. The first-order valence-electron chi connectivity index (χ1n) is 7.39. The molecule has 1 aromatic carbocycles. The highest BCUT2D eigenvalue weighted by atomic mass is 35.5. The molecule has 2 aromatic rings. The van der Waals surface area contributed by atoms with Crippen LogP contribution in [0.25, 0.3) is 0 Å². The molecule has 2 nitrogen and oxygen atoms in total. The summed E-state index contributed by atoms with van der Waals surface area (Å²) in [7, 11) is 2.18. The third kappa shape index (κ3) is 2.76. The van der Waals surface area contributed by atoms with Gasteiger partial charge in [0.1, 0.15) is 0 Å². The Labute approximate surface area is 135 Å². The second kappa shape index (κ2) is 6.09. The lowest BCUT2D eigenvalue weighted by Gasteiger charge is -2.45. The van der Waals surface area contributed by atoms with Gasteiger partial charge in [-0.25, -0.2) is 0 Å². The van der Waals surface area contributed by atoms with Crippen molar-refractivity contribution in [1.82, 2.24) is 4.90 Å². The molecule has 1 atom stereocenters. The number of benzene rings is 1. The van der Waals surface area contributed by atoms with E-state index in [2.05, 4.69) is 42.3 Å². The molecule has 1 aliphatic rings. The van der Waals surface area contributed by atoms with Gasteiger partial charge >= 0.3 is 0 Å². The lowest BCUT2D eigenvalue weighted by Crippen LogP contribution is -2.50. The summed E-state index contributed by atoms with van der Waals surface area (Å²) in [5.74, 6) is 0. The summed E-state index contributed by atoms with van der Waals surface area (Å²) in [6.07, 6.45) is 3.48. The molecule has 0 fully saturated rings. The number of aryl methyl sites for hydroxylation is 1. The molecule has 1 aromatic heterocycles. The van der Waals surface area contributed by atoms with Gasteiger partial charge in [0, 0.05) is 18.0 Å². The standard InChI is InChI=1S/C17H21ClN2S/c1-20(11-14-8-9-16(18)21-14)17(12-19)10-4-6-13-5-2-3-7-15(13)17/h2-3,5,7-9H,4,6,10-12,19H2,1H3. The van der Waals surface area contributed by atoms with E-state index in [1.807, 2.05) is 6.07 Å². The summed E-state index contributed by atoms with van der Waals surface area (Å²) in [4.78, 5) is 3.70. The molecule has 1 unspecified atom stereocenters. The van der Waals surface area contributed by atoms with Gasteiger partial charge in [0.05, 0.1) is 9.88 Å². The predicted octanol–water partition coefficient (Wildman–Crippen LogP) is 4.02. The number of nitrogens with two attached hydrogens (primary N) is 1. The summed E-state index contributed by atoms with van der Waals surface area (Å²) in [5.41, 5.74) is 9.05. The molecule has 1 aliphatic carbocycles. The number of thiophene rings is 1. The van der Waals surface area contributed by atoms with Crippen LogP contribution < -0.4 is 5.73 Å². The molecule has 0 bridgehead atoms. The topological polar surface area (TPSA) is 29.3 Å². The zero-order valence-corrected chi connectivity index (χ0v) is 13.9. The van der Waals surface area contributed by atoms with E-state index in [-0.39, 0.29) is 5.54 Å². The Morgan fingerprint density at radius 1 is 1.29 bits per heavy atom. The van der Waals surface area contributed by atoms with Crippen molar-refractivity contribution in [1.29, 1.82) is 0 Å². The van der Waals surface area contributed by atoms with E-state index in [0.29, 0.717) is 6.54 Å². The van der Waals surface area contributed by atoms with E-state index < -0.39 is 0 Å². The molecule has 0 aliphatic heterocycles. The highest BCUT2D eigenvalue weighted by Crippen LogP contribution is 2.40. The van der Waals surface area contributed by atoms with Gasteiger partial charge < -0.3 is 5.73 Å². The molecule has 0 spiro atoms. The summed E-state index contributed by atoms with van der Waals surface area (Å²) in [6, 6.07) is 12.8. The maximum absolute atomic E-state index is 6.25. The normalized spacial score (nSPS) is 21.5. The van der Waals surface area contributed by atoms with Crippen LogP contribution in [0.3, 0.4) is 0 Å². The molecule has 1 heterocycles. The van der Waals surface area contributed by atoms with Gasteiger partial charge in [-0.2, -0.15) is 0 Å². The number of likely N-dealkylation sites (N-methyl/N-ethyl adjacent to an activating group) is 1. The van der Waals surface area contributed by atoms with E-state index in [0.717, 1.165) is 23.7 Å². The maximum Gasteiger partial charge on any atom is 0.0931 e. The van der Waals surface area contributed by atoms with Crippen LogP contribution in [0.1, 0.15) is 28.8 Å². The van der Waals surface area contributed by atoms with Crippen molar-refractivity contribution in [2.75, 3.05) is 13.6 Å². The van der Waals surface area contributed by atoms with Gasteiger partial charge in [-0.15, -0.1) is 11.3 Å². The van der Waals surface area contributed by atoms with Gasteiger partial charge in [0.2, 0.25) is 0 Å². The molecule has 0 saturated carbocycles. The van der Waals surface area contributed by atoms with Crippen LogP contribution in [0.15, 0.2) is 36.4 Å².